The van der Waals surface area contributed by atoms with Crippen molar-refractivity contribution in [2.75, 3.05) is 7.11 Å². The lowest BCUT2D eigenvalue weighted by molar-refractivity contribution is -0.142. The molecule has 0 heterocycles. The topological polar surface area (TPSA) is 55.4 Å². The third-order valence-electron chi connectivity index (χ3n) is 4.42. The molecule has 0 saturated heterocycles. The average Bonchev–Trinajstić information content (AvgIpc) is 2.73. The van der Waals surface area contributed by atoms with Crippen LogP contribution in [0, 0.1) is 11.6 Å². The monoisotopic (exact) mass is 395 g/mol. The van der Waals surface area contributed by atoms with E-state index in [1.165, 1.54) is 7.11 Å². The van der Waals surface area contributed by atoms with Crippen LogP contribution < -0.4 is 5.32 Å². The molecule has 3 aromatic rings. The molecule has 0 bridgehead atoms. The first kappa shape index (κ1) is 20.2. The van der Waals surface area contributed by atoms with E-state index < -0.39 is 29.6 Å². The van der Waals surface area contributed by atoms with Crippen LogP contribution in [0.15, 0.2) is 72.8 Å². The molecular formula is C23H19F2NO3. The van der Waals surface area contributed by atoms with Crippen LogP contribution in [-0.4, -0.2) is 25.0 Å². The fraction of sp³-hybridized carbons (Fsp3) is 0.130. The van der Waals surface area contributed by atoms with E-state index in [4.69, 9.17) is 4.74 Å². The molecule has 6 heteroatoms. The van der Waals surface area contributed by atoms with Crippen molar-refractivity contribution in [3.8, 4) is 11.1 Å². The van der Waals surface area contributed by atoms with Gasteiger partial charge in [0, 0.05) is 18.1 Å². The molecule has 3 rings (SSSR count). The predicted molar refractivity (Wildman–Crippen MR) is 105 cm³/mol. The number of carbonyl (C=O) groups excluding carboxylic acids is 2. The molecule has 0 aromatic heterocycles. The Labute approximate surface area is 167 Å². The second-order valence-corrected chi connectivity index (χ2v) is 6.47. The van der Waals surface area contributed by atoms with Gasteiger partial charge in [0.1, 0.15) is 17.7 Å². The highest BCUT2D eigenvalue weighted by Crippen LogP contribution is 2.20. The van der Waals surface area contributed by atoms with E-state index in [1.54, 1.807) is 0 Å². The molecule has 1 atom stereocenters. The molecule has 1 amide bonds. The van der Waals surface area contributed by atoms with Crippen LogP contribution in [0.2, 0.25) is 0 Å². The summed E-state index contributed by atoms with van der Waals surface area (Å²) in [6.45, 7) is 0. The van der Waals surface area contributed by atoms with Gasteiger partial charge in [-0.15, -0.1) is 0 Å². The summed E-state index contributed by atoms with van der Waals surface area (Å²) >= 11 is 0. The molecule has 0 aliphatic carbocycles. The molecule has 148 valence electrons. The van der Waals surface area contributed by atoms with Crippen molar-refractivity contribution >= 4 is 11.9 Å². The van der Waals surface area contributed by atoms with E-state index in [1.807, 2.05) is 54.6 Å². The molecule has 0 radical (unpaired) electrons. The standard InChI is InChI=1S/C23H19F2NO3/c1-29-23(28)21(26-22(27)18-12-19(24)14-20(25)13-18)11-15-7-9-17(10-8-15)16-5-3-2-4-6-16/h2-10,12-14,21H,11H2,1H3,(H,26,27)/t21-/m0/s1. The third-order valence-corrected chi connectivity index (χ3v) is 4.42. The minimum atomic E-state index is -0.999. The zero-order valence-corrected chi connectivity index (χ0v) is 15.7. The minimum Gasteiger partial charge on any atom is -0.467 e. The second kappa shape index (κ2) is 9.10. The Morgan fingerprint density at radius 2 is 1.48 bits per heavy atom. The number of ether oxygens (including phenoxy) is 1. The van der Waals surface area contributed by atoms with Crippen molar-refractivity contribution in [3.05, 3.63) is 95.6 Å². The Bertz CT molecular complexity index is 984. The number of halogens is 2. The van der Waals surface area contributed by atoms with E-state index in [9.17, 15) is 18.4 Å². The van der Waals surface area contributed by atoms with Gasteiger partial charge in [0.25, 0.3) is 5.91 Å². The van der Waals surface area contributed by atoms with Crippen LogP contribution in [0.3, 0.4) is 0 Å². The average molecular weight is 395 g/mol. The summed E-state index contributed by atoms with van der Waals surface area (Å²) in [4.78, 5) is 24.5. The SMILES string of the molecule is COC(=O)[C@H](Cc1ccc(-c2ccccc2)cc1)NC(=O)c1cc(F)cc(F)c1. The van der Waals surface area contributed by atoms with E-state index in [-0.39, 0.29) is 12.0 Å². The van der Waals surface area contributed by atoms with Gasteiger partial charge >= 0.3 is 5.97 Å². The number of benzene rings is 3. The van der Waals surface area contributed by atoms with Crippen LogP contribution in [-0.2, 0) is 16.0 Å². The van der Waals surface area contributed by atoms with Crippen LogP contribution in [0.5, 0.6) is 0 Å². The molecule has 0 spiro atoms. The summed E-state index contributed by atoms with van der Waals surface area (Å²) in [5, 5.41) is 2.49. The molecule has 0 fully saturated rings. The van der Waals surface area contributed by atoms with Crippen LogP contribution in [0.1, 0.15) is 15.9 Å². The van der Waals surface area contributed by atoms with Crippen molar-refractivity contribution in [1.82, 2.24) is 5.32 Å². The highest BCUT2D eigenvalue weighted by Gasteiger charge is 2.23. The van der Waals surface area contributed by atoms with Gasteiger partial charge in [-0.05, 0) is 28.8 Å². The summed E-state index contributed by atoms with van der Waals surface area (Å²) < 4.78 is 31.5. The molecule has 4 nitrogen and oxygen atoms in total. The molecule has 0 unspecified atom stereocenters. The fourth-order valence-electron chi connectivity index (χ4n) is 2.96. The Morgan fingerprint density at radius 1 is 0.897 bits per heavy atom. The normalized spacial score (nSPS) is 11.6. The summed E-state index contributed by atoms with van der Waals surface area (Å²) in [6.07, 6.45) is 0.172. The van der Waals surface area contributed by atoms with Crippen molar-refractivity contribution in [2.45, 2.75) is 12.5 Å². The number of rotatable bonds is 6. The maximum Gasteiger partial charge on any atom is 0.328 e. The quantitative estimate of drug-likeness (QED) is 0.638. The van der Waals surface area contributed by atoms with Gasteiger partial charge in [-0.2, -0.15) is 0 Å². The first-order chi connectivity index (χ1) is 14.0. The van der Waals surface area contributed by atoms with Gasteiger partial charge < -0.3 is 10.1 Å². The molecular weight excluding hydrogens is 376 g/mol. The van der Waals surface area contributed by atoms with E-state index in [0.717, 1.165) is 28.8 Å². The number of carbonyl (C=O) groups is 2. The van der Waals surface area contributed by atoms with Crippen LogP contribution in [0.4, 0.5) is 8.78 Å². The minimum absolute atomic E-state index is 0.172. The maximum absolute atomic E-state index is 13.4. The lowest BCUT2D eigenvalue weighted by atomic mass is 10.0. The number of hydrogen-bond acceptors (Lipinski definition) is 3. The first-order valence-electron chi connectivity index (χ1n) is 8.95. The summed E-state index contributed by atoms with van der Waals surface area (Å²) in [6, 6.07) is 18.8. The highest BCUT2D eigenvalue weighted by atomic mass is 19.1. The molecule has 1 N–H and O–H groups in total. The van der Waals surface area contributed by atoms with Gasteiger partial charge in [-0.3, -0.25) is 4.79 Å². The third kappa shape index (κ3) is 5.25. The van der Waals surface area contributed by atoms with Gasteiger partial charge in [-0.1, -0.05) is 54.6 Å². The smallest absolute Gasteiger partial charge is 0.328 e. The zero-order chi connectivity index (χ0) is 20.8. The van der Waals surface area contributed by atoms with Gasteiger partial charge in [0.15, 0.2) is 0 Å². The lowest BCUT2D eigenvalue weighted by Crippen LogP contribution is -2.43. The number of amides is 1. The van der Waals surface area contributed by atoms with Gasteiger partial charge in [-0.25, -0.2) is 13.6 Å². The molecule has 0 aliphatic rings. The Balaban J connectivity index is 1.75. The van der Waals surface area contributed by atoms with Crippen LogP contribution >= 0.6 is 0 Å². The summed E-state index contributed by atoms with van der Waals surface area (Å²) in [7, 11) is 1.21. The molecule has 3 aromatic carbocycles. The van der Waals surface area contributed by atoms with E-state index in [0.29, 0.717) is 6.07 Å². The van der Waals surface area contributed by atoms with E-state index in [2.05, 4.69) is 5.32 Å². The highest BCUT2D eigenvalue weighted by molar-refractivity contribution is 5.96. The van der Waals surface area contributed by atoms with Gasteiger partial charge in [0.2, 0.25) is 0 Å². The number of hydrogen-bond donors (Lipinski definition) is 1. The second-order valence-electron chi connectivity index (χ2n) is 6.47. The number of methoxy groups -OCH3 is 1. The number of nitrogens with one attached hydrogen (secondary N) is 1. The molecule has 0 saturated carbocycles. The largest absolute Gasteiger partial charge is 0.467 e. The predicted octanol–water partition coefficient (Wildman–Crippen LogP) is 4.15. The Kier molecular flexibility index (Phi) is 6.34. The van der Waals surface area contributed by atoms with Crippen molar-refractivity contribution in [2.24, 2.45) is 0 Å². The fourth-order valence-corrected chi connectivity index (χ4v) is 2.96. The first-order valence-corrected chi connectivity index (χ1v) is 8.95. The maximum atomic E-state index is 13.4. The van der Waals surface area contributed by atoms with Crippen molar-refractivity contribution < 1.29 is 23.1 Å². The van der Waals surface area contributed by atoms with Gasteiger partial charge in [0.05, 0.1) is 7.11 Å². The zero-order valence-electron chi connectivity index (χ0n) is 15.7. The number of esters is 1. The van der Waals surface area contributed by atoms with Crippen molar-refractivity contribution in [3.63, 3.8) is 0 Å². The molecule has 29 heavy (non-hydrogen) atoms. The van der Waals surface area contributed by atoms with Crippen molar-refractivity contribution in [1.29, 1.82) is 0 Å². The summed E-state index contributed by atoms with van der Waals surface area (Å²) in [5.74, 6) is -3.16. The Hall–Kier alpha value is -3.54. The summed E-state index contributed by atoms with van der Waals surface area (Å²) in [5.41, 5.74) is 2.66. The molecule has 0 aliphatic heterocycles. The lowest BCUT2D eigenvalue weighted by Gasteiger charge is -2.17. The van der Waals surface area contributed by atoms with Crippen LogP contribution in [0.25, 0.3) is 11.1 Å². The van der Waals surface area contributed by atoms with E-state index >= 15 is 0 Å². The Morgan fingerprint density at radius 3 is 2.07 bits per heavy atom.